The number of hydrogen-bond acceptors (Lipinski definition) is 3. The minimum Gasteiger partial charge on any atom is -0.496 e. The normalized spacial score (nSPS) is 10.2. The molecular weight excluding hydrogens is 332 g/mol. The Hall–Kier alpha value is -1.85. The second kappa shape index (κ2) is 9.33. The van der Waals surface area contributed by atoms with E-state index in [1.54, 1.807) is 18.9 Å². The second-order valence-electron chi connectivity index (χ2n) is 4.72. The Morgan fingerprint density at radius 1 is 1.13 bits per heavy atom. The van der Waals surface area contributed by atoms with Gasteiger partial charge >= 0.3 is 6.03 Å². The van der Waals surface area contributed by atoms with E-state index in [0.717, 1.165) is 27.0 Å². The zero-order valence-electron chi connectivity index (χ0n) is 12.8. The highest BCUT2D eigenvalue weighted by Gasteiger charge is 2.04. The van der Waals surface area contributed by atoms with Crippen molar-refractivity contribution < 1.29 is 9.53 Å². The Balaban J connectivity index is 1.66. The van der Waals surface area contributed by atoms with Crippen LogP contribution in [-0.2, 0) is 6.54 Å². The van der Waals surface area contributed by atoms with Crippen molar-refractivity contribution in [3.05, 3.63) is 59.1 Å². The van der Waals surface area contributed by atoms with Crippen molar-refractivity contribution in [3.63, 3.8) is 0 Å². The molecule has 6 heteroatoms. The third-order valence-electron chi connectivity index (χ3n) is 3.10. The Labute approximate surface area is 145 Å². The van der Waals surface area contributed by atoms with Gasteiger partial charge in [-0.1, -0.05) is 29.8 Å². The first-order valence-corrected chi connectivity index (χ1v) is 8.57. The highest BCUT2D eigenvalue weighted by Crippen LogP contribution is 2.19. The highest BCUT2D eigenvalue weighted by molar-refractivity contribution is 7.99. The molecule has 0 spiro atoms. The SMILES string of the molecule is COc1ccccc1CNC(=O)NCCSc1ccc(Cl)cc1. The summed E-state index contributed by atoms with van der Waals surface area (Å²) in [5, 5.41) is 6.38. The third-order valence-corrected chi connectivity index (χ3v) is 4.37. The van der Waals surface area contributed by atoms with Crippen molar-refractivity contribution in [2.45, 2.75) is 11.4 Å². The van der Waals surface area contributed by atoms with Crippen LogP contribution in [0.15, 0.2) is 53.4 Å². The molecule has 0 heterocycles. The van der Waals surface area contributed by atoms with E-state index in [0.29, 0.717) is 13.1 Å². The van der Waals surface area contributed by atoms with E-state index < -0.39 is 0 Å². The Bertz CT molecular complexity index is 635. The largest absolute Gasteiger partial charge is 0.496 e. The van der Waals surface area contributed by atoms with Crippen molar-refractivity contribution in [1.82, 2.24) is 10.6 Å². The number of amides is 2. The number of carbonyl (C=O) groups is 1. The Morgan fingerprint density at radius 3 is 2.61 bits per heavy atom. The Kier molecular flexibility index (Phi) is 7.10. The summed E-state index contributed by atoms with van der Waals surface area (Å²) in [4.78, 5) is 12.9. The van der Waals surface area contributed by atoms with Crippen LogP contribution in [0.3, 0.4) is 0 Å². The van der Waals surface area contributed by atoms with E-state index in [9.17, 15) is 4.79 Å². The van der Waals surface area contributed by atoms with Gasteiger partial charge in [-0.25, -0.2) is 4.79 Å². The fourth-order valence-electron chi connectivity index (χ4n) is 1.95. The Morgan fingerprint density at radius 2 is 1.87 bits per heavy atom. The van der Waals surface area contributed by atoms with Crippen molar-refractivity contribution in [3.8, 4) is 5.75 Å². The number of hydrogen-bond donors (Lipinski definition) is 2. The minimum atomic E-state index is -0.187. The first-order valence-electron chi connectivity index (χ1n) is 7.21. The van der Waals surface area contributed by atoms with Gasteiger partial charge in [0, 0.05) is 34.3 Å². The molecule has 4 nitrogen and oxygen atoms in total. The molecule has 0 atom stereocenters. The van der Waals surface area contributed by atoms with Crippen LogP contribution in [0.2, 0.25) is 5.02 Å². The molecule has 2 aromatic rings. The number of urea groups is 1. The van der Waals surface area contributed by atoms with Gasteiger partial charge in [0.25, 0.3) is 0 Å². The highest BCUT2D eigenvalue weighted by atomic mass is 35.5. The first-order chi connectivity index (χ1) is 11.2. The van der Waals surface area contributed by atoms with E-state index in [-0.39, 0.29) is 6.03 Å². The van der Waals surface area contributed by atoms with Crippen LogP contribution in [0.4, 0.5) is 4.79 Å². The quantitative estimate of drug-likeness (QED) is 0.587. The molecule has 0 radical (unpaired) electrons. The average Bonchev–Trinajstić information content (AvgIpc) is 2.58. The van der Waals surface area contributed by atoms with Crippen LogP contribution in [0.1, 0.15) is 5.56 Å². The fraction of sp³-hybridized carbons (Fsp3) is 0.235. The number of methoxy groups -OCH3 is 1. The van der Waals surface area contributed by atoms with Crippen LogP contribution < -0.4 is 15.4 Å². The number of para-hydroxylation sites is 1. The molecule has 0 aliphatic heterocycles. The molecule has 0 saturated carbocycles. The van der Waals surface area contributed by atoms with Gasteiger partial charge in [-0.2, -0.15) is 0 Å². The average molecular weight is 351 g/mol. The fourth-order valence-corrected chi connectivity index (χ4v) is 2.85. The first kappa shape index (κ1) is 17.5. The monoisotopic (exact) mass is 350 g/mol. The third kappa shape index (κ3) is 6.04. The summed E-state index contributed by atoms with van der Waals surface area (Å²) in [5.74, 6) is 1.56. The summed E-state index contributed by atoms with van der Waals surface area (Å²) >= 11 is 7.51. The smallest absolute Gasteiger partial charge is 0.315 e. The van der Waals surface area contributed by atoms with Crippen LogP contribution in [0.25, 0.3) is 0 Å². The molecule has 2 amide bonds. The maximum absolute atomic E-state index is 11.8. The van der Waals surface area contributed by atoms with Crippen molar-refractivity contribution >= 4 is 29.4 Å². The maximum Gasteiger partial charge on any atom is 0.315 e. The van der Waals surface area contributed by atoms with Crippen molar-refractivity contribution in [2.75, 3.05) is 19.4 Å². The van der Waals surface area contributed by atoms with Gasteiger partial charge < -0.3 is 15.4 Å². The lowest BCUT2D eigenvalue weighted by molar-refractivity contribution is 0.241. The summed E-state index contributed by atoms with van der Waals surface area (Å²) in [6, 6.07) is 15.1. The lowest BCUT2D eigenvalue weighted by atomic mass is 10.2. The molecule has 2 N–H and O–H groups in total. The molecule has 0 aromatic heterocycles. The van der Waals surface area contributed by atoms with Crippen LogP contribution >= 0.6 is 23.4 Å². The van der Waals surface area contributed by atoms with Crippen molar-refractivity contribution in [1.29, 1.82) is 0 Å². The molecule has 2 rings (SSSR count). The van der Waals surface area contributed by atoms with Crippen LogP contribution in [-0.4, -0.2) is 25.4 Å². The standard InChI is InChI=1S/C17H19ClN2O2S/c1-22-16-5-3-2-4-13(16)12-20-17(21)19-10-11-23-15-8-6-14(18)7-9-15/h2-9H,10-12H2,1H3,(H2,19,20,21). The topological polar surface area (TPSA) is 50.4 Å². The maximum atomic E-state index is 11.8. The number of nitrogens with one attached hydrogen (secondary N) is 2. The summed E-state index contributed by atoms with van der Waals surface area (Å²) in [6.07, 6.45) is 0. The van der Waals surface area contributed by atoms with Gasteiger partial charge in [0.05, 0.1) is 7.11 Å². The van der Waals surface area contributed by atoms with Crippen LogP contribution in [0.5, 0.6) is 5.75 Å². The molecule has 2 aromatic carbocycles. The number of halogens is 1. The molecule has 0 fully saturated rings. The number of ether oxygens (including phenoxy) is 1. The summed E-state index contributed by atoms with van der Waals surface area (Å²) in [5.41, 5.74) is 0.945. The molecule has 0 unspecified atom stereocenters. The number of thioether (sulfide) groups is 1. The van der Waals surface area contributed by atoms with E-state index in [2.05, 4.69) is 10.6 Å². The summed E-state index contributed by atoms with van der Waals surface area (Å²) in [6.45, 7) is 1.02. The minimum absolute atomic E-state index is 0.187. The van der Waals surface area contributed by atoms with Gasteiger partial charge in [-0.05, 0) is 30.3 Å². The molecule has 0 bridgehead atoms. The molecule has 23 heavy (non-hydrogen) atoms. The molecule has 122 valence electrons. The summed E-state index contributed by atoms with van der Waals surface area (Å²) in [7, 11) is 1.62. The van der Waals surface area contributed by atoms with Gasteiger partial charge in [0.2, 0.25) is 0 Å². The van der Waals surface area contributed by atoms with E-state index in [4.69, 9.17) is 16.3 Å². The van der Waals surface area contributed by atoms with Gasteiger partial charge in [0.1, 0.15) is 5.75 Å². The van der Waals surface area contributed by atoms with Gasteiger partial charge in [-0.3, -0.25) is 0 Å². The van der Waals surface area contributed by atoms with Crippen molar-refractivity contribution in [2.24, 2.45) is 0 Å². The lowest BCUT2D eigenvalue weighted by Crippen LogP contribution is -2.36. The van der Waals surface area contributed by atoms with E-state index in [1.807, 2.05) is 48.5 Å². The number of carbonyl (C=O) groups excluding carboxylic acids is 1. The van der Waals surface area contributed by atoms with E-state index in [1.165, 1.54) is 0 Å². The number of benzene rings is 2. The molecular formula is C17H19ClN2O2S. The second-order valence-corrected chi connectivity index (χ2v) is 6.33. The number of rotatable bonds is 7. The van der Waals surface area contributed by atoms with Crippen LogP contribution in [0, 0.1) is 0 Å². The van der Waals surface area contributed by atoms with Gasteiger partial charge in [-0.15, -0.1) is 11.8 Å². The summed E-state index contributed by atoms with van der Waals surface area (Å²) < 4.78 is 5.25. The zero-order valence-corrected chi connectivity index (χ0v) is 14.4. The lowest BCUT2D eigenvalue weighted by Gasteiger charge is -2.10. The molecule has 0 aliphatic carbocycles. The van der Waals surface area contributed by atoms with E-state index >= 15 is 0 Å². The predicted molar refractivity (Wildman–Crippen MR) is 95.4 cm³/mol. The van der Waals surface area contributed by atoms with Gasteiger partial charge in [0.15, 0.2) is 0 Å². The zero-order chi connectivity index (χ0) is 16.5. The molecule has 0 aliphatic rings. The molecule has 0 saturated heterocycles. The predicted octanol–water partition coefficient (Wildman–Crippen LogP) is 3.94.